The van der Waals surface area contributed by atoms with Crippen LogP contribution in [0.2, 0.25) is 0 Å². The summed E-state index contributed by atoms with van der Waals surface area (Å²) in [6.45, 7) is 7.73. The third-order valence-corrected chi connectivity index (χ3v) is 3.32. The third kappa shape index (κ3) is 4.00. The lowest BCUT2D eigenvalue weighted by molar-refractivity contribution is 0.795. The van der Waals surface area contributed by atoms with Crippen LogP contribution in [-0.2, 0) is 6.54 Å². The summed E-state index contributed by atoms with van der Waals surface area (Å²) in [6.07, 6.45) is 8.94. The van der Waals surface area contributed by atoms with Gasteiger partial charge in [-0.3, -0.25) is 0 Å². The number of nitrogens with one attached hydrogen (secondary N) is 1. The minimum atomic E-state index is 0.695. The predicted molar refractivity (Wildman–Crippen MR) is 68.5 cm³/mol. The highest BCUT2D eigenvalue weighted by molar-refractivity contribution is 7.99. The van der Waals surface area contributed by atoms with Crippen LogP contribution in [0.5, 0.6) is 0 Å². The summed E-state index contributed by atoms with van der Waals surface area (Å²) in [5.74, 6) is 0.934. The van der Waals surface area contributed by atoms with Gasteiger partial charge in [-0.25, -0.2) is 4.98 Å². The van der Waals surface area contributed by atoms with Gasteiger partial charge in [0.2, 0.25) is 5.95 Å². The highest BCUT2D eigenvalue weighted by atomic mass is 32.2. The number of anilines is 1. The van der Waals surface area contributed by atoms with Crippen LogP contribution < -0.4 is 5.32 Å². The van der Waals surface area contributed by atoms with Crippen LogP contribution >= 0.6 is 11.8 Å². The first-order valence-electron chi connectivity index (χ1n) is 5.16. The van der Waals surface area contributed by atoms with E-state index in [4.69, 9.17) is 0 Å². The molecule has 1 unspecified atom stereocenters. The lowest BCUT2D eigenvalue weighted by Crippen LogP contribution is -2.11. The molecule has 0 aliphatic rings. The Labute approximate surface area is 96.0 Å². The summed E-state index contributed by atoms with van der Waals surface area (Å²) in [4.78, 5) is 4.25. The number of nitrogens with zero attached hydrogens (tertiary/aromatic N) is 2. The summed E-state index contributed by atoms with van der Waals surface area (Å²) < 4.78 is 2.05. The van der Waals surface area contributed by atoms with Crippen molar-refractivity contribution < 1.29 is 0 Å². The van der Waals surface area contributed by atoms with E-state index in [1.807, 2.05) is 30.2 Å². The molecule has 0 saturated heterocycles. The zero-order valence-corrected chi connectivity index (χ0v) is 10.3. The fourth-order valence-corrected chi connectivity index (χ4v) is 1.62. The number of hydrogen-bond donors (Lipinski definition) is 1. The van der Waals surface area contributed by atoms with Gasteiger partial charge in [-0.2, -0.15) is 11.8 Å². The normalized spacial score (nSPS) is 12.4. The van der Waals surface area contributed by atoms with Crippen LogP contribution in [-0.4, -0.2) is 27.6 Å². The molecule has 3 nitrogen and oxygen atoms in total. The van der Waals surface area contributed by atoms with Crippen LogP contribution in [0.25, 0.3) is 0 Å². The number of hydrogen-bond acceptors (Lipinski definition) is 3. The number of thioether (sulfide) groups is 1. The van der Waals surface area contributed by atoms with Gasteiger partial charge in [-0.1, -0.05) is 13.0 Å². The van der Waals surface area contributed by atoms with E-state index in [0.717, 1.165) is 25.5 Å². The first-order valence-corrected chi connectivity index (χ1v) is 6.45. The summed E-state index contributed by atoms with van der Waals surface area (Å²) in [5.41, 5.74) is 0. The van der Waals surface area contributed by atoms with Crippen molar-refractivity contribution in [3.8, 4) is 0 Å². The summed E-state index contributed by atoms with van der Waals surface area (Å²) >= 11 is 1.89. The molecular weight excluding hydrogens is 206 g/mol. The highest BCUT2D eigenvalue weighted by Crippen LogP contribution is 2.10. The number of aromatic nitrogens is 2. The maximum atomic E-state index is 4.25. The van der Waals surface area contributed by atoms with Gasteiger partial charge in [0.1, 0.15) is 0 Å². The van der Waals surface area contributed by atoms with E-state index in [1.165, 1.54) is 0 Å². The van der Waals surface area contributed by atoms with Crippen molar-refractivity contribution in [3.05, 3.63) is 25.0 Å². The standard InChI is InChI=1S/C11H19N3S/c1-4-8-14-9-7-13-11(14)12-6-5-10(2)15-3/h4,7,9-10H,1,5-6,8H2,2-3H3,(H,12,13). The molecule has 4 heteroatoms. The lowest BCUT2D eigenvalue weighted by Gasteiger charge is -2.10. The molecule has 1 aromatic heterocycles. The van der Waals surface area contributed by atoms with Gasteiger partial charge < -0.3 is 9.88 Å². The molecule has 0 spiro atoms. The van der Waals surface area contributed by atoms with Crippen LogP contribution in [0.1, 0.15) is 13.3 Å². The Kier molecular flexibility index (Phi) is 5.32. The molecule has 0 amide bonds. The molecule has 1 heterocycles. The Morgan fingerprint density at radius 2 is 2.53 bits per heavy atom. The van der Waals surface area contributed by atoms with Crippen LogP contribution in [0.3, 0.4) is 0 Å². The summed E-state index contributed by atoms with van der Waals surface area (Å²) in [5, 5.41) is 4.03. The predicted octanol–water partition coefficient (Wildman–Crippen LogP) is 2.62. The number of rotatable bonds is 7. The second-order valence-corrected chi connectivity index (χ2v) is 4.73. The molecule has 0 radical (unpaired) electrons. The van der Waals surface area contributed by atoms with E-state index in [1.54, 1.807) is 0 Å². The van der Waals surface area contributed by atoms with Gasteiger partial charge in [-0.05, 0) is 12.7 Å². The Bertz CT molecular complexity index is 296. The number of imidazole rings is 1. The van der Waals surface area contributed by atoms with Crippen molar-refractivity contribution in [3.63, 3.8) is 0 Å². The molecule has 15 heavy (non-hydrogen) atoms. The quantitative estimate of drug-likeness (QED) is 0.723. The smallest absolute Gasteiger partial charge is 0.203 e. The van der Waals surface area contributed by atoms with E-state index in [2.05, 4.69) is 34.6 Å². The van der Waals surface area contributed by atoms with E-state index in [9.17, 15) is 0 Å². The first-order chi connectivity index (χ1) is 7.27. The molecule has 0 aliphatic heterocycles. The largest absolute Gasteiger partial charge is 0.356 e. The molecule has 0 aromatic carbocycles. The third-order valence-electron chi connectivity index (χ3n) is 2.28. The molecule has 1 rings (SSSR count). The van der Waals surface area contributed by atoms with E-state index >= 15 is 0 Å². The fraction of sp³-hybridized carbons (Fsp3) is 0.545. The molecule has 0 fully saturated rings. The van der Waals surface area contributed by atoms with Crippen molar-refractivity contribution in [2.75, 3.05) is 18.1 Å². The first kappa shape index (κ1) is 12.2. The van der Waals surface area contributed by atoms with E-state index in [0.29, 0.717) is 5.25 Å². The van der Waals surface area contributed by atoms with E-state index in [-0.39, 0.29) is 0 Å². The van der Waals surface area contributed by atoms with Crippen molar-refractivity contribution in [1.82, 2.24) is 9.55 Å². The summed E-state index contributed by atoms with van der Waals surface area (Å²) in [6, 6.07) is 0. The van der Waals surface area contributed by atoms with Gasteiger partial charge in [0, 0.05) is 30.7 Å². The molecule has 0 bridgehead atoms. The molecule has 0 saturated carbocycles. The average Bonchev–Trinajstić information content (AvgIpc) is 2.66. The lowest BCUT2D eigenvalue weighted by atomic mass is 10.3. The van der Waals surface area contributed by atoms with Crippen molar-refractivity contribution in [1.29, 1.82) is 0 Å². The van der Waals surface area contributed by atoms with Gasteiger partial charge in [-0.15, -0.1) is 6.58 Å². The summed E-state index contributed by atoms with van der Waals surface area (Å²) in [7, 11) is 0. The van der Waals surface area contributed by atoms with Crippen LogP contribution in [0, 0.1) is 0 Å². The van der Waals surface area contributed by atoms with Gasteiger partial charge in [0.25, 0.3) is 0 Å². The molecule has 1 N–H and O–H groups in total. The maximum absolute atomic E-state index is 4.25. The Balaban J connectivity index is 2.36. The minimum Gasteiger partial charge on any atom is -0.356 e. The van der Waals surface area contributed by atoms with Crippen molar-refractivity contribution in [2.24, 2.45) is 0 Å². The Morgan fingerprint density at radius 3 is 3.20 bits per heavy atom. The molecule has 0 aliphatic carbocycles. The van der Waals surface area contributed by atoms with Gasteiger partial charge in [0.05, 0.1) is 0 Å². The SMILES string of the molecule is C=CCn1ccnc1NCCC(C)SC. The van der Waals surface area contributed by atoms with Crippen LogP contribution in [0.15, 0.2) is 25.0 Å². The van der Waals surface area contributed by atoms with Gasteiger partial charge >= 0.3 is 0 Å². The van der Waals surface area contributed by atoms with Crippen molar-refractivity contribution >= 4 is 17.7 Å². The zero-order valence-electron chi connectivity index (χ0n) is 9.44. The monoisotopic (exact) mass is 225 g/mol. The van der Waals surface area contributed by atoms with Gasteiger partial charge in [0.15, 0.2) is 0 Å². The Morgan fingerprint density at radius 1 is 1.73 bits per heavy atom. The van der Waals surface area contributed by atoms with Crippen LogP contribution in [0.4, 0.5) is 5.95 Å². The second kappa shape index (κ2) is 6.56. The topological polar surface area (TPSA) is 29.9 Å². The second-order valence-electron chi connectivity index (χ2n) is 3.45. The minimum absolute atomic E-state index is 0.695. The number of allylic oxidation sites excluding steroid dienone is 1. The molecule has 1 aromatic rings. The Hall–Kier alpha value is -0.900. The van der Waals surface area contributed by atoms with Crippen molar-refractivity contribution in [2.45, 2.75) is 25.1 Å². The fourth-order valence-electron chi connectivity index (χ4n) is 1.27. The molecule has 1 atom stereocenters. The average molecular weight is 225 g/mol. The highest BCUT2D eigenvalue weighted by Gasteiger charge is 2.02. The molecule has 84 valence electrons. The zero-order chi connectivity index (χ0) is 11.1. The molecular formula is C11H19N3S. The van der Waals surface area contributed by atoms with E-state index < -0.39 is 0 Å². The maximum Gasteiger partial charge on any atom is 0.203 e.